The Morgan fingerprint density at radius 1 is 1.85 bits per heavy atom. The predicted molar refractivity (Wildman–Crippen MR) is 51.4 cm³/mol. The van der Waals surface area contributed by atoms with Crippen molar-refractivity contribution in [3.63, 3.8) is 0 Å². The van der Waals surface area contributed by atoms with Gasteiger partial charge in [-0.2, -0.15) is 5.10 Å². The first kappa shape index (κ1) is 9.51. The maximum Gasteiger partial charge on any atom is 0.211 e. The van der Waals surface area contributed by atoms with Gasteiger partial charge in [-0.15, -0.1) is 6.58 Å². The number of nitrogens with one attached hydrogen (secondary N) is 1. The molecule has 0 radical (unpaired) electrons. The largest absolute Gasteiger partial charge is 0.326 e. The van der Waals surface area contributed by atoms with E-state index in [1.807, 2.05) is 13.0 Å². The van der Waals surface area contributed by atoms with Crippen LogP contribution in [0.3, 0.4) is 0 Å². The molecule has 0 aromatic carbocycles. The Labute approximate surface area is 77.3 Å². The lowest BCUT2D eigenvalue weighted by Gasteiger charge is -2.07. The van der Waals surface area contributed by atoms with Gasteiger partial charge in [-0.05, 0) is 13.3 Å². The number of aromatic nitrogens is 2. The van der Waals surface area contributed by atoms with Gasteiger partial charge >= 0.3 is 0 Å². The Morgan fingerprint density at radius 2 is 2.62 bits per heavy atom. The lowest BCUT2D eigenvalue weighted by molar-refractivity contribution is -0.105. The molecule has 0 bridgehead atoms. The summed E-state index contributed by atoms with van der Waals surface area (Å²) in [7, 11) is 0. The molecule has 0 aliphatic carbocycles. The van der Waals surface area contributed by atoms with Gasteiger partial charge < -0.3 is 5.32 Å². The number of amides is 1. The number of anilines is 1. The normalized spacial score (nSPS) is 12.1. The van der Waals surface area contributed by atoms with Crippen LogP contribution >= 0.6 is 0 Å². The van der Waals surface area contributed by atoms with Crippen molar-refractivity contribution in [2.45, 2.75) is 19.4 Å². The molecule has 1 rings (SSSR count). The standard InChI is InChI=1S/C9H13N3O/c1-3-4-8(2)12-6-9(5-11-12)10-7-13/h3,5-8H,1,4H2,2H3,(H,10,13). The highest BCUT2D eigenvalue weighted by molar-refractivity contribution is 5.69. The van der Waals surface area contributed by atoms with Gasteiger partial charge in [-0.1, -0.05) is 6.08 Å². The molecule has 1 heterocycles. The second kappa shape index (κ2) is 4.45. The maximum absolute atomic E-state index is 10.1. The second-order valence-corrected chi connectivity index (χ2v) is 2.84. The molecular weight excluding hydrogens is 166 g/mol. The fraction of sp³-hybridized carbons (Fsp3) is 0.333. The second-order valence-electron chi connectivity index (χ2n) is 2.84. The van der Waals surface area contributed by atoms with Crippen LogP contribution in [0.5, 0.6) is 0 Å². The van der Waals surface area contributed by atoms with Crippen LogP contribution in [0.2, 0.25) is 0 Å². The van der Waals surface area contributed by atoms with E-state index in [-0.39, 0.29) is 6.04 Å². The van der Waals surface area contributed by atoms with E-state index in [9.17, 15) is 4.79 Å². The Hall–Kier alpha value is -1.58. The fourth-order valence-corrected chi connectivity index (χ4v) is 1.07. The molecule has 0 saturated heterocycles. The third kappa shape index (κ3) is 2.43. The number of rotatable bonds is 5. The summed E-state index contributed by atoms with van der Waals surface area (Å²) in [5.74, 6) is 0. The molecule has 0 fully saturated rings. The zero-order valence-corrected chi connectivity index (χ0v) is 7.60. The van der Waals surface area contributed by atoms with Crippen LogP contribution in [0, 0.1) is 0 Å². The summed E-state index contributed by atoms with van der Waals surface area (Å²) in [6.07, 6.45) is 6.76. The van der Waals surface area contributed by atoms with Crippen LogP contribution in [-0.4, -0.2) is 16.2 Å². The van der Waals surface area contributed by atoms with Crippen molar-refractivity contribution in [3.05, 3.63) is 25.0 Å². The number of hydrogen-bond donors (Lipinski definition) is 1. The summed E-state index contributed by atoms with van der Waals surface area (Å²) >= 11 is 0. The van der Waals surface area contributed by atoms with Gasteiger partial charge in [0.1, 0.15) is 0 Å². The Morgan fingerprint density at radius 3 is 3.23 bits per heavy atom. The molecule has 1 amide bonds. The smallest absolute Gasteiger partial charge is 0.211 e. The summed E-state index contributed by atoms with van der Waals surface area (Å²) in [4.78, 5) is 10.1. The van der Waals surface area contributed by atoms with E-state index in [1.165, 1.54) is 0 Å². The van der Waals surface area contributed by atoms with E-state index in [2.05, 4.69) is 17.0 Å². The maximum atomic E-state index is 10.1. The minimum Gasteiger partial charge on any atom is -0.326 e. The Bertz CT molecular complexity index is 293. The quantitative estimate of drug-likeness (QED) is 0.551. The van der Waals surface area contributed by atoms with Crippen molar-refractivity contribution in [3.8, 4) is 0 Å². The van der Waals surface area contributed by atoms with Crippen LogP contribution < -0.4 is 5.32 Å². The average molecular weight is 179 g/mol. The molecule has 4 nitrogen and oxygen atoms in total. The highest BCUT2D eigenvalue weighted by atomic mass is 16.1. The van der Waals surface area contributed by atoms with Gasteiger partial charge in [-0.25, -0.2) is 0 Å². The van der Waals surface area contributed by atoms with Gasteiger partial charge in [0.2, 0.25) is 6.41 Å². The van der Waals surface area contributed by atoms with Crippen LogP contribution in [0.1, 0.15) is 19.4 Å². The molecule has 1 unspecified atom stereocenters. The van der Waals surface area contributed by atoms with Gasteiger partial charge in [0, 0.05) is 6.20 Å². The summed E-state index contributed by atoms with van der Waals surface area (Å²) in [5.41, 5.74) is 0.714. The van der Waals surface area contributed by atoms with Gasteiger partial charge in [-0.3, -0.25) is 9.48 Å². The van der Waals surface area contributed by atoms with Crippen molar-refractivity contribution < 1.29 is 4.79 Å². The van der Waals surface area contributed by atoms with E-state index in [0.29, 0.717) is 12.1 Å². The van der Waals surface area contributed by atoms with Crippen LogP contribution in [0.15, 0.2) is 25.0 Å². The van der Waals surface area contributed by atoms with Crippen molar-refractivity contribution in [1.82, 2.24) is 9.78 Å². The summed E-state index contributed by atoms with van der Waals surface area (Å²) < 4.78 is 1.80. The highest BCUT2D eigenvalue weighted by Crippen LogP contribution is 2.12. The zero-order valence-electron chi connectivity index (χ0n) is 7.60. The number of allylic oxidation sites excluding steroid dienone is 1. The molecule has 0 spiro atoms. The lowest BCUT2D eigenvalue weighted by Crippen LogP contribution is -2.04. The molecule has 1 N–H and O–H groups in total. The molecule has 1 atom stereocenters. The molecular formula is C9H13N3O. The first-order chi connectivity index (χ1) is 6.27. The van der Waals surface area contributed by atoms with E-state index in [0.717, 1.165) is 6.42 Å². The van der Waals surface area contributed by atoms with Crippen molar-refractivity contribution in [2.75, 3.05) is 5.32 Å². The number of carbonyl (C=O) groups excluding carboxylic acids is 1. The molecule has 0 saturated carbocycles. The first-order valence-corrected chi connectivity index (χ1v) is 4.13. The summed E-state index contributed by atoms with van der Waals surface area (Å²) in [6.45, 7) is 5.70. The average Bonchev–Trinajstić information content (AvgIpc) is 2.54. The van der Waals surface area contributed by atoms with Gasteiger partial charge in [0.25, 0.3) is 0 Å². The molecule has 1 aromatic heterocycles. The highest BCUT2D eigenvalue weighted by Gasteiger charge is 2.03. The van der Waals surface area contributed by atoms with Crippen LogP contribution in [0.25, 0.3) is 0 Å². The Kier molecular flexibility index (Phi) is 3.25. The minimum atomic E-state index is 0.278. The van der Waals surface area contributed by atoms with E-state index < -0.39 is 0 Å². The molecule has 70 valence electrons. The number of nitrogens with zero attached hydrogens (tertiary/aromatic N) is 2. The summed E-state index contributed by atoms with van der Waals surface area (Å²) in [6, 6.07) is 0.278. The monoisotopic (exact) mass is 179 g/mol. The van der Waals surface area contributed by atoms with Gasteiger partial charge in [0.15, 0.2) is 0 Å². The predicted octanol–water partition coefficient (Wildman–Crippen LogP) is 1.59. The molecule has 0 aliphatic heterocycles. The van der Waals surface area contributed by atoms with Gasteiger partial charge in [0.05, 0.1) is 17.9 Å². The third-order valence-corrected chi connectivity index (χ3v) is 1.79. The summed E-state index contributed by atoms with van der Waals surface area (Å²) in [5, 5.41) is 6.64. The van der Waals surface area contributed by atoms with Crippen molar-refractivity contribution >= 4 is 12.1 Å². The lowest BCUT2D eigenvalue weighted by atomic mass is 10.2. The SMILES string of the molecule is C=CCC(C)n1cc(NC=O)cn1. The minimum absolute atomic E-state index is 0.278. The number of carbonyl (C=O) groups is 1. The van der Waals surface area contributed by atoms with Crippen LogP contribution in [0.4, 0.5) is 5.69 Å². The first-order valence-electron chi connectivity index (χ1n) is 4.13. The van der Waals surface area contributed by atoms with Crippen LogP contribution in [-0.2, 0) is 4.79 Å². The van der Waals surface area contributed by atoms with Crippen molar-refractivity contribution in [2.24, 2.45) is 0 Å². The molecule has 4 heteroatoms. The van der Waals surface area contributed by atoms with Crippen molar-refractivity contribution in [1.29, 1.82) is 0 Å². The molecule has 0 aliphatic rings. The van der Waals surface area contributed by atoms with E-state index in [4.69, 9.17) is 0 Å². The van der Waals surface area contributed by atoms with E-state index in [1.54, 1.807) is 17.1 Å². The molecule has 13 heavy (non-hydrogen) atoms. The third-order valence-electron chi connectivity index (χ3n) is 1.79. The van der Waals surface area contributed by atoms with E-state index >= 15 is 0 Å². The Balaban J connectivity index is 2.66. The molecule has 1 aromatic rings. The number of hydrogen-bond acceptors (Lipinski definition) is 2. The topological polar surface area (TPSA) is 46.9 Å². The fourth-order valence-electron chi connectivity index (χ4n) is 1.07. The zero-order chi connectivity index (χ0) is 9.68.